The number of rotatable bonds is 8. The molecule has 1 aromatic heterocycles. The summed E-state index contributed by atoms with van der Waals surface area (Å²) in [5.41, 5.74) is 5.01. The van der Waals surface area contributed by atoms with Crippen LogP contribution in [0.1, 0.15) is 30.1 Å². The van der Waals surface area contributed by atoms with Gasteiger partial charge in [-0.05, 0) is 62.2 Å². The van der Waals surface area contributed by atoms with Gasteiger partial charge in [-0.3, -0.25) is 0 Å². The standard InChI is InChI=1S/C25H34N4O/c1-27(2)22-10-8-20(9-11-22)12-15-28-16-13-21(14-17-28)25-26-23-6-4-5-7-24(23)29(25)18-19-30-3/h4-11,21H,12-19H2,1-3H3. The summed E-state index contributed by atoms with van der Waals surface area (Å²) in [6.07, 6.45) is 3.47. The highest BCUT2D eigenvalue weighted by Gasteiger charge is 2.25. The maximum absolute atomic E-state index is 5.36. The van der Waals surface area contributed by atoms with Gasteiger partial charge in [0.2, 0.25) is 0 Å². The van der Waals surface area contributed by atoms with Crippen LogP contribution < -0.4 is 4.90 Å². The number of nitrogens with zero attached hydrogens (tertiary/aromatic N) is 4. The molecule has 0 spiro atoms. The second-order valence-electron chi connectivity index (χ2n) is 8.53. The summed E-state index contributed by atoms with van der Waals surface area (Å²) in [4.78, 5) is 9.77. The van der Waals surface area contributed by atoms with Gasteiger partial charge >= 0.3 is 0 Å². The largest absolute Gasteiger partial charge is 0.383 e. The van der Waals surface area contributed by atoms with Crippen LogP contribution in [0.4, 0.5) is 5.69 Å². The maximum atomic E-state index is 5.36. The average molecular weight is 407 g/mol. The minimum atomic E-state index is 0.532. The Morgan fingerprint density at radius 3 is 2.43 bits per heavy atom. The molecular formula is C25H34N4O. The van der Waals surface area contributed by atoms with Gasteiger partial charge in [0.05, 0.1) is 17.6 Å². The van der Waals surface area contributed by atoms with Crippen LogP contribution in [0.3, 0.4) is 0 Å². The SMILES string of the molecule is COCCn1c(C2CCN(CCc3ccc(N(C)C)cc3)CC2)nc2ccccc21. The fourth-order valence-electron chi connectivity index (χ4n) is 4.49. The topological polar surface area (TPSA) is 33.5 Å². The minimum Gasteiger partial charge on any atom is -0.383 e. The Labute approximate surface area is 180 Å². The smallest absolute Gasteiger partial charge is 0.113 e. The Morgan fingerprint density at radius 2 is 1.73 bits per heavy atom. The number of anilines is 1. The van der Waals surface area contributed by atoms with E-state index in [-0.39, 0.29) is 0 Å². The van der Waals surface area contributed by atoms with Crippen molar-refractivity contribution in [2.75, 3.05) is 52.3 Å². The first kappa shape index (κ1) is 20.9. The minimum absolute atomic E-state index is 0.532. The molecule has 0 amide bonds. The number of hydrogen-bond donors (Lipinski definition) is 0. The molecule has 0 radical (unpaired) electrons. The highest BCUT2D eigenvalue weighted by Crippen LogP contribution is 2.30. The van der Waals surface area contributed by atoms with E-state index in [0.717, 1.165) is 44.7 Å². The van der Waals surface area contributed by atoms with Crippen molar-refractivity contribution in [1.82, 2.24) is 14.5 Å². The first-order chi connectivity index (χ1) is 14.7. The lowest BCUT2D eigenvalue weighted by molar-refractivity contribution is 0.183. The predicted molar refractivity (Wildman–Crippen MR) is 124 cm³/mol. The van der Waals surface area contributed by atoms with Gasteiger partial charge in [-0.2, -0.15) is 0 Å². The van der Waals surface area contributed by atoms with E-state index < -0.39 is 0 Å². The van der Waals surface area contributed by atoms with Crippen molar-refractivity contribution >= 4 is 16.7 Å². The lowest BCUT2D eigenvalue weighted by Crippen LogP contribution is -2.35. The molecule has 0 aliphatic carbocycles. The van der Waals surface area contributed by atoms with E-state index in [2.05, 4.69) is 77.0 Å². The molecule has 0 unspecified atom stereocenters. The lowest BCUT2D eigenvalue weighted by atomic mass is 9.95. The summed E-state index contributed by atoms with van der Waals surface area (Å²) in [6, 6.07) is 17.4. The van der Waals surface area contributed by atoms with Crippen LogP contribution in [-0.2, 0) is 17.7 Å². The van der Waals surface area contributed by atoms with E-state index in [9.17, 15) is 0 Å². The Bertz CT molecular complexity index is 939. The Balaban J connectivity index is 1.36. The zero-order chi connectivity index (χ0) is 20.9. The maximum Gasteiger partial charge on any atom is 0.113 e. The number of hydrogen-bond acceptors (Lipinski definition) is 4. The van der Waals surface area contributed by atoms with E-state index in [4.69, 9.17) is 9.72 Å². The van der Waals surface area contributed by atoms with E-state index in [1.165, 1.54) is 35.4 Å². The summed E-state index contributed by atoms with van der Waals surface area (Å²) in [7, 11) is 5.94. The van der Waals surface area contributed by atoms with E-state index in [0.29, 0.717) is 5.92 Å². The molecule has 5 heteroatoms. The second kappa shape index (κ2) is 9.63. The van der Waals surface area contributed by atoms with Gasteiger partial charge in [-0.25, -0.2) is 4.98 Å². The molecule has 5 nitrogen and oxygen atoms in total. The van der Waals surface area contributed by atoms with E-state index >= 15 is 0 Å². The molecule has 1 fully saturated rings. The zero-order valence-electron chi connectivity index (χ0n) is 18.6. The highest BCUT2D eigenvalue weighted by atomic mass is 16.5. The molecular weight excluding hydrogens is 372 g/mol. The molecule has 4 rings (SSSR count). The average Bonchev–Trinajstić information content (AvgIpc) is 3.15. The van der Waals surface area contributed by atoms with Crippen LogP contribution in [0.25, 0.3) is 11.0 Å². The van der Waals surface area contributed by atoms with Crippen LogP contribution in [0.5, 0.6) is 0 Å². The van der Waals surface area contributed by atoms with Gasteiger partial charge in [0.15, 0.2) is 0 Å². The van der Waals surface area contributed by atoms with Gasteiger partial charge in [0.1, 0.15) is 5.82 Å². The van der Waals surface area contributed by atoms with Crippen molar-refractivity contribution in [2.45, 2.75) is 31.7 Å². The third kappa shape index (κ3) is 4.68. The summed E-state index contributed by atoms with van der Waals surface area (Å²) in [5.74, 6) is 1.78. The first-order valence-corrected chi connectivity index (χ1v) is 11.1. The molecule has 3 aromatic rings. The fraction of sp³-hybridized carbons (Fsp3) is 0.480. The second-order valence-corrected chi connectivity index (χ2v) is 8.53. The number of fused-ring (bicyclic) bond motifs is 1. The van der Waals surface area contributed by atoms with Gasteiger partial charge in [0, 0.05) is 45.9 Å². The van der Waals surface area contributed by atoms with Crippen LogP contribution in [0.15, 0.2) is 48.5 Å². The Hall–Kier alpha value is -2.37. The predicted octanol–water partition coefficient (Wildman–Crippen LogP) is 4.17. The Morgan fingerprint density at radius 1 is 1.00 bits per heavy atom. The van der Waals surface area contributed by atoms with Crippen molar-refractivity contribution in [3.63, 3.8) is 0 Å². The number of likely N-dealkylation sites (tertiary alicyclic amines) is 1. The number of methoxy groups -OCH3 is 1. The lowest BCUT2D eigenvalue weighted by Gasteiger charge is -2.32. The summed E-state index contributed by atoms with van der Waals surface area (Å²) in [5, 5.41) is 0. The quantitative estimate of drug-likeness (QED) is 0.562. The number of para-hydroxylation sites is 2. The van der Waals surface area contributed by atoms with Crippen molar-refractivity contribution < 1.29 is 4.74 Å². The molecule has 160 valence electrons. The van der Waals surface area contributed by atoms with E-state index in [1.54, 1.807) is 7.11 Å². The molecule has 1 aliphatic heterocycles. The molecule has 0 bridgehead atoms. The molecule has 1 saturated heterocycles. The fourth-order valence-corrected chi connectivity index (χ4v) is 4.49. The van der Waals surface area contributed by atoms with Gasteiger partial charge in [-0.15, -0.1) is 0 Å². The number of imidazole rings is 1. The monoisotopic (exact) mass is 406 g/mol. The van der Waals surface area contributed by atoms with Crippen molar-refractivity contribution in [2.24, 2.45) is 0 Å². The number of piperidine rings is 1. The third-order valence-electron chi connectivity index (χ3n) is 6.33. The van der Waals surface area contributed by atoms with Crippen LogP contribution in [0, 0.1) is 0 Å². The van der Waals surface area contributed by atoms with Gasteiger partial charge in [0.25, 0.3) is 0 Å². The van der Waals surface area contributed by atoms with Crippen molar-refractivity contribution in [1.29, 1.82) is 0 Å². The molecule has 2 aromatic carbocycles. The molecule has 0 atom stereocenters. The Kier molecular flexibility index (Phi) is 6.70. The van der Waals surface area contributed by atoms with Gasteiger partial charge < -0.3 is 19.1 Å². The molecule has 1 aliphatic rings. The van der Waals surface area contributed by atoms with Crippen molar-refractivity contribution in [3.05, 3.63) is 59.9 Å². The van der Waals surface area contributed by atoms with Crippen LogP contribution in [0.2, 0.25) is 0 Å². The molecule has 2 heterocycles. The first-order valence-electron chi connectivity index (χ1n) is 11.1. The zero-order valence-corrected chi connectivity index (χ0v) is 18.6. The number of benzene rings is 2. The van der Waals surface area contributed by atoms with Gasteiger partial charge in [-0.1, -0.05) is 24.3 Å². The van der Waals surface area contributed by atoms with Crippen LogP contribution >= 0.6 is 0 Å². The number of aromatic nitrogens is 2. The summed E-state index contributed by atoms with van der Waals surface area (Å²) < 4.78 is 7.74. The normalized spacial score (nSPS) is 15.7. The molecule has 30 heavy (non-hydrogen) atoms. The molecule has 0 N–H and O–H groups in total. The van der Waals surface area contributed by atoms with Crippen LogP contribution in [-0.4, -0.2) is 61.9 Å². The van der Waals surface area contributed by atoms with E-state index in [1.807, 2.05) is 0 Å². The summed E-state index contributed by atoms with van der Waals surface area (Å²) >= 11 is 0. The van der Waals surface area contributed by atoms with Crippen molar-refractivity contribution in [3.8, 4) is 0 Å². The molecule has 0 saturated carbocycles. The number of ether oxygens (including phenoxy) is 1. The summed E-state index contributed by atoms with van der Waals surface area (Å²) in [6.45, 7) is 5.02. The highest BCUT2D eigenvalue weighted by molar-refractivity contribution is 5.76. The third-order valence-corrected chi connectivity index (χ3v) is 6.33.